The number of benzene rings is 3. The van der Waals surface area contributed by atoms with Crippen LogP contribution >= 0.6 is 23.2 Å². The smallest absolute Gasteiger partial charge is 0.336 e. The van der Waals surface area contributed by atoms with Crippen LogP contribution in [0.4, 0.5) is 0 Å². The van der Waals surface area contributed by atoms with E-state index in [0.717, 1.165) is 0 Å². The van der Waals surface area contributed by atoms with E-state index in [4.69, 9.17) is 52.6 Å². The van der Waals surface area contributed by atoms with Crippen LogP contribution in [0.5, 0.6) is 28.7 Å². The lowest BCUT2D eigenvalue weighted by molar-refractivity contribution is -0.128. The Hall–Kier alpha value is -4.32. The lowest BCUT2D eigenvalue weighted by Gasteiger charge is -2.27. The molecule has 1 aliphatic rings. The van der Waals surface area contributed by atoms with Crippen molar-refractivity contribution < 1.29 is 28.5 Å². The zero-order chi connectivity index (χ0) is 27.4. The summed E-state index contributed by atoms with van der Waals surface area (Å²) in [5, 5.41) is 10.8. The Bertz CT molecular complexity index is 1480. The van der Waals surface area contributed by atoms with Gasteiger partial charge in [0.2, 0.25) is 11.6 Å². The molecular weight excluding hydrogens is 531 g/mol. The largest absolute Gasteiger partial charge is 0.493 e. The Morgan fingerprint density at radius 3 is 2.34 bits per heavy atom. The molecule has 4 rings (SSSR count). The summed E-state index contributed by atoms with van der Waals surface area (Å²) >= 11 is 12.0. The molecule has 2 N–H and O–H groups in total. The van der Waals surface area contributed by atoms with Crippen LogP contribution in [0, 0.1) is 11.3 Å². The molecule has 3 aromatic rings. The molecule has 3 aromatic carbocycles. The van der Waals surface area contributed by atoms with Gasteiger partial charge in [0, 0.05) is 27.8 Å². The van der Waals surface area contributed by atoms with Gasteiger partial charge in [0.05, 0.1) is 27.2 Å². The third-order valence-electron chi connectivity index (χ3n) is 5.79. The maximum absolute atomic E-state index is 12.4. The first-order valence-electron chi connectivity index (χ1n) is 11.2. The number of rotatable bonds is 7. The predicted octanol–water partition coefficient (Wildman–Crippen LogP) is 5.86. The van der Waals surface area contributed by atoms with Crippen molar-refractivity contribution in [2.24, 2.45) is 5.73 Å². The van der Waals surface area contributed by atoms with E-state index in [1.165, 1.54) is 39.5 Å². The molecule has 1 unspecified atom stereocenters. The monoisotopic (exact) mass is 552 g/mol. The fourth-order valence-corrected chi connectivity index (χ4v) is 4.53. The minimum atomic E-state index is -0.630. The lowest BCUT2D eigenvalue weighted by Crippen LogP contribution is -2.21. The van der Waals surface area contributed by atoms with Crippen molar-refractivity contribution in [2.75, 3.05) is 21.3 Å². The second-order valence-corrected chi connectivity index (χ2v) is 8.85. The molecule has 0 saturated heterocycles. The zero-order valence-corrected chi connectivity index (χ0v) is 22.1. The highest BCUT2D eigenvalue weighted by atomic mass is 35.5. The van der Waals surface area contributed by atoms with Gasteiger partial charge in [-0.3, -0.25) is 0 Å². The van der Waals surface area contributed by atoms with E-state index in [2.05, 4.69) is 6.07 Å². The van der Waals surface area contributed by atoms with Gasteiger partial charge in [-0.2, -0.15) is 5.26 Å². The van der Waals surface area contributed by atoms with Gasteiger partial charge in [-0.15, -0.1) is 0 Å². The molecule has 10 heteroatoms. The van der Waals surface area contributed by atoms with E-state index < -0.39 is 11.9 Å². The zero-order valence-electron chi connectivity index (χ0n) is 20.6. The number of hydrogen-bond donors (Lipinski definition) is 1. The van der Waals surface area contributed by atoms with Crippen LogP contribution in [-0.2, 0) is 4.79 Å². The fourth-order valence-electron chi connectivity index (χ4n) is 4.05. The summed E-state index contributed by atoms with van der Waals surface area (Å²) in [5.74, 6) is 0.500. The predicted molar refractivity (Wildman–Crippen MR) is 143 cm³/mol. The summed E-state index contributed by atoms with van der Waals surface area (Å²) in [6.45, 7) is 0. The number of esters is 1. The van der Waals surface area contributed by atoms with Gasteiger partial charge < -0.3 is 29.4 Å². The second kappa shape index (κ2) is 11.4. The number of nitrogens with zero attached hydrogens (tertiary/aromatic N) is 1. The number of carbonyl (C=O) groups excluding carboxylic acids is 1. The Balaban J connectivity index is 1.67. The summed E-state index contributed by atoms with van der Waals surface area (Å²) in [5.41, 5.74) is 8.24. The number of ether oxygens (including phenoxy) is 5. The highest BCUT2D eigenvalue weighted by Gasteiger charge is 2.32. The molecule has 0 amide bonds. The van der Waals surface area contributed by atoms with Crippen LogP contribution in [0.2, 0.25) is 10.0 Å². The van der Waals surface area contributed by atoms with Crippen molar-refractivity contribution >= 4 is 35.2 Å². The number of fused-ring (bicyclic) bond motifs is 1. The normalized spacial score (nSPS) is 14.4. The van der Waals surface area contributed by atoms with E-state index in [1.807, 2.05) is 0 Å². The van der Waals surface area contributed by atoms with Crippen molar-refractivity contribution in [3.63, 3.8) is 0 Å². The number of nitrogens with two attached hydrogens (primary N) is 1. The molecule has 1 heterocycles. The van der Waals surface area contributed by atoms with Gasteiger partial charge in [0.25, 0.3) is 0 Å². The maximum atomic E-state index is 12.4. The number of hydrogen-bond acceptors (Lipinski definition) is 8. The summed E-state index contributed by atoms with van der Waals surface area (Å²) in [4.78, 5) is 12.4. The minimum absolute atomic E-state index is 0.0699. The molecule has 38 heavy (non-hydrogen) atoms. The Morgan fingerprint density at radius 1 is 1.03 bits per heavy atom. The van der Waals surface area contributed by atoms with E-state index in [9.17, 15) is 10.1 Å². The molecule has 0 radical (unpaired) electrons. The standard InChI is InChI=1S/C28H22Cl2N2O6/c1-34-23-10-16(11-24(35-2)27(23)36-3)26-19-8-7-18(13-22(19)38-28(32)20(26)14-31)37-25(33)9-5-15-4-6-17(29)12-21(15)30/h4-13,26H,32H2,1-3H3/b9-5+. The first kappa shape index (κ1) is 26.7. The van der Waals surface area contributed by atoms with Crippen LogP contribution in [0.3, 0.4) is 0 Å². The summed E-state index contributed by atoms with van der Waals surface area (Å²) in [7, 11) is 4.51. The van der Waals surface area contributed by atoms with Crippen molar-refractivity contribution in [2.45, 2.75) is 5.92 Å². The average Bonchev–Trinajstić information content (AvgIpc) is 2.90. The number of allylic oxidation sites excluding steroid dienone is 1. The number of carbonyl (C=O) groups is 1. The molecule has 8 nitrogen and oxygen atoms in total. The van der Waals surface area contributed by atoms with E-state index in [0.29, 0.717) is 49.7 Å². The number of nitriles is 1. The second-order valence-electron chi connectivity index (χ2n) is 8.00. The fraction of sp³-hybridized carbons (Fsp3) is 0.143. The molecule has 194 valence electrons. The summed E-state index contributed by atoms with van der Waals surface area (Å²) < 4.78 is 27.5. The summed E-state index contributed by atoms with van der Waals surface area (Å²) in [6.07, 6.45) is 2.77. The summed E-state index contributed by atoms with van der Waals surface area (Å²) in [6, 6.07) is 15.4. The van der Waals surface area contributed by atoms with Gasteiger partial charge >= 0.3 is 5.97 Å². The number of methoxy groups -OCH3 is 3. The topological polar surface area (TPSA) is 113 Å². The van der Waals surface area contributed by atoms with Crippen molar-refractivity contribution in [1.82, 2.24) is 0 Å². The molecule has 0 saturated carbocycles. The quantitative estimate of drug-likeness (QED) is 0.220. The lowest BCUT2D eigenvalue weighted by atomic mass is 9.83. The highest BCUT2D eigenvalue weighted by Crippen LogP contribution is 2.47. The molecule has 1 aliphatic heterocycles. The maximum Gasteiger partial charge on any atom is 0.336 e. The first-order valence-corrected chi connectivity index (χ1v) is 11.9. The van der Waals surface area contributed by atoms with Gasteiger partial charge in [-0.1, -0.05) is 35.3 Å². The van der Waals surface area contributed by atoms with Crippen LogP contribution in [0.15, 0.2) is 66.1 Å². The molecule has 0 aromatic heterocycles. The van der Waals surface area contributed by atoms with Crippen LogP contribution in [0.1, 0.15) is 22.6 Å². The Kier molecular flexibility index (Phi) is 8.01. The van der Waals surface area contributed by atoms with Crippen LogP contribution in [0.25, 0.3) is 6.08 Å². The van der Waals surface area contributed by atoms with Gasteiger partial charge in [0.1, 0.15) is 23.1 Å². The molecule has 0 fully saturated rings. The Labute approximate surface area is 229 Å². The van der Waals surface area contributed by atoms with E-state index >= 15 is 0 Å². The van der Waals surface area contributed by atoms with Crippen molar-refractivity contribution in [3.05, 3.63) is 92.8 Å². The van der Waals surface area contributed by atoms with Gasteiger partial charge in [-0.25, -0.2) is 4.79 Å². The molecule has 1 atom stereocenters. The van der Waals surface area contributed by atoms with Gasteiger partial charge in [0.15, 0.2) is 11.5 Å². The Morgan fingerprint density at radius 2 is 1.74 bits per heavy atom. The highest BCUT2D eigenvalue weighted by molar-refractivity contribution is 6.35. The SMILES string of the molecule is COc1cc(C2C(C#N)=C(N)Oc3cc(OC(=O)/C=C/c4ccc(Cl)cc4Cl)ccc32)cc(OC)c1OC. The van der Waals surface area contributed by atoms with Crippen LogP contribution < -0.4 is 29.4 Å². The molecule has 0 bridgehead atoms. The minimum Gasteiger partial charge on any atom is -0.493 e. The van der Waals surface area contributed by atoms with Gasteiger partial charge in [-0.05, 0) is 47.5 Å². The van der Waals surface area contributed by atoms with Crippen molar-refractivity contribution in [3.8, 4) is 34.8 Å². The third-order valence-corrected chi connectivity index (χ3v) is 6.35. The van der Waals surface area contributed by atoms with Crippen molar-refractivity contribution in [1.29, 1.82) is 5.26 Å². The molecule has 0 spiro atoms. The van der Waals surface area contributed by atoms with Crippen LogP contribution in [-0.4, -0.2) is 27.3 Å². The number of halogens is 2. The van der Waals surface area contributed by atoms with E-state index in [1.54, 1.807) is 42.5 Å². The average molecular weight is 553 g/mol. The molecule has 0 aliphatic carbocycles. The molecular formula is C28H22Cl2N2O6. The first-order chi connectivity index (χ1) is 18.3. The third kappa shape index (κ3) is 5.35. The van der Waals surface area contributed by atoms with E-state index in [-0.39, 0.29) is 17.2 Å².